The lowest BCUT2D eigenvalue weighted by Gasteiger charge is -2.57. The van der Waals surface area contributed by atoms with Gasteiger partial charge in [-0.25, -0.2) is 4.39 Å². The monoisotopic (exact) mass is 396 g/mol. The minimum Gasteiger partial charge on any atom is -0.393 e. The summed E-state index contributed by atoms with van der Waals surface area (Å²) in [6.45, 7) is 4.70. The first kappa shape index (κ1) is 19.5. The van der Waals surface area contributed by atoms with Gasteiger partial charge in [0, 0.05) is 5.41 Å². The zero-order valence-corrected chi connectivity index (χ0v) is 17.6. The Bertz CT molecular complexity index is 873. The topological polar surface area (TPSA) is 40.5 Å². The first-order valence-corrected chi connectivity index (χ1v) is 11.3. The van der Waals surface area contributed by atoms with Crippen molar-refractivity contribution < 1.29 is 14.6 Å². The van der Waals surface area contributed by atoms with E-state index in [2.05, 4.69) is 19.9 Å². The Kier molecular flexibility index (Phi) is 4.56. The van der Waals surface area contributed by atoms with E-state index in [9.17, 15) is 14.6 Å². The molecule has 2 N–H and O–H groups in total. The molecule has 0 aliphatic heterocycles. The van der Waals surface area contributed by atoms with Crippen molar-refractivity contribution >= 4 is 6.08 Å². The van der Waals surface area contributed by atoms with Crippen LogP contribution in [0.3, 0.4) is 0 Å². The molecule has 0 amide bonds. The fourth-order valence-corrected chi connectivity index (χ4v) is 7.45. The van der Waals surface area contributed by atoms with Crippen molar-refractivity contribution in [1.29, 1.82) is 0 Å². The van der Waals surface area contributed by atoms with Crippen molar-refractivity contribution in [3.63, 3.8) is 0 Å². The van der Waals surface area contributed by atoms with Gasteiger partial charge in [-0.3, -0.25) is 0 Å². The molecule has 7 atom stereocenters. The number of allylic oxidation sites excluding steroid dienone is 1. The summed E-state index contributed by atoms with van der Waals surface area (Å²) in [4.78, 5) is 0. The molecule has 0 heterocycles. The fraction of sp³-hybridized carbons (Fsp3) is 0.615. The molecule has 0 radical (unpaired) electrons. The number of halogens is 1. The maximum absolute atomic E-state index is 13.6. The smallest absolute Gasteiger partial charge is 0.123 e. The first-order chi connectivity index (χ1) is 13.8. The van der Waals surface area contributed by atoms with Gasteiger partial charge < -0.3 is 10.2 Å². The molecule has 5 rings (SSSR count). The Labute approximate surface area is 173 Å². The van der Waals surface area contributed by atoms with Gasteiger partial charge >= 0.3 is 0 Å². The second-order valence-electron chi connectivity index (χ2n) is 10.6. The molecule has 3 fully saturated rings. The van der Waals surface area contributed by atoms with Gasteiger partial charge in [0.25, 0.3) is 0 Å². The van der Waals surface area contributed by atoms with E-state index < -0.39 is 6.10 Å². The number of aliphatic hydroxyl groups excluding tert-OH is 2. The van der Waals surface area contributed by atoms with E-state index in [4.69, 9.17) is 0 Å². The quantitative estimate of drug-likeness (QED) is 0.615. The second-order valence-corrected chi connectivity index (χ2v) is 10.6. The Hall–Kier alpha value is -1.45. The molecule has 156 valence electrons. The minimum atomic E-state index is -0.442. The Morgan fingerprint density at radius 2 is 1.90 bits per heavy atom. The molecular weight excluding hydrogens is 363 g/mol. The van der Waals surface area contributed by atoms with E-state index in [1.165, 1.54) is 11.6 Å². The lowest BCUT2D eigenvalue weighted by Crippen LogP contribution is -2.51. The SMILES string of the molecule is C[C@]12CC[C@@H]3[C@H](CC=C4C[C@H](O)CC[C@@]43C)[C@H]1C/C(=C\c1cccc(F)c1)[C@H]2O. The Balaban J connectivity index is 1.47. The molecule has 0 spiro atoms. The van der Waals surface area contributed by atoms with Crippen molar-refractivity contribution in [3.05, 3.63) is 52.9 Å². The summed E-state index contributed by atoms with van der Waals surface area (Å²) in [5, 5.41) is 21.5. The first-order valence-electron chi connectivity index (χ1n) is 11.3. The Morgan fingerprint density at radius 3 is 2.69 bits per heavy atom. The van der Waals surface area contributed by atoms with Crippen LogP contribution >= 0.6 is 0 Å². The van der Waals surface area contributed by atoms with E-state index in [0.717, 1.165) is 56.1 Å². The van der Waals surface area contributed by atoms with Gasteiger partial charge in [0.1, 0.15) is 5.82 Å². The minimum absolute atomic E-state index is 0.0871. The van der Waals surface area contributed by atoms with E-state index in [1.54, 1.807) is 12.1 Å². The predicted molar refractivity (Wildman–Crippen MR) is 113 cm³/mol. The zero-order chi connectivity index (χ0) is 20.4. The third kappa shape index (κ3) is 2.96. The maximum Gasteiger partial charge on any atom is 0.123 e. The highest BCUT2D eigenvalue weighted by atomic mass is 19.1. The number of aliphatic hydroxyl groups is 2. The standard InChI is InChI=1S/C26H33FO2/c1-25-10-8-20(28)15-18(25)6-7-21-22(25)9-11-26(2)23(21)14-17(24(26)29)12-16-4-3-5-19(27)13-16/h3-6,12-13,20-24,28-29H,7-11,14-15H2,1-2H3/b17-12+/t20-,21+,22-,23-,24-,25+,26+/m1/s1. The highest BCUT2D eigenvalue weighted by Gasteiger charge is 2.59. The number of hydrogen-bond acceptors (Lipinski definition) is 2. The number of hydrogen-bond donors (Lipinski definition) is 2. The number of fused-ring (bicyclic) bond motifs is 5. The van der Waals surface area contributed by atoms with Crippen LogP contribution in [0.2, 0.25) is 0 Å². The molecule has 1 aromatic carbocycles. The summed E-state index contributed by atoms with van der Waals surface area (Å²) in [6.07, 6.45) is 10.9. The maximum atomic E-state index is 13.6. The van der Waals surface area contributed by atoms with Crippen LogP contribution in [0.1, 0.15) is 64.4 Å². The summed E-state index contributed by atoms with van der Waals surface area (Å²) in [6, 6.07) is 6.67. The number of rotatable bonds is 1. The molecule has 0 bridgehead atoms. The van der Waals surface area contributed by atoms with Gasteiger partial charge in [-0.15, -0.1) is 0 Å². The third-order valence-electron chi connectivity index (χ3n) is 9.15. The second kappa shape index (κ2) is 6.78. The lowest BCUT2D eigenvalue weighted by molar-refractivity contribution is -0.0685. The average molecular weight is 397 g/mol. The van der Waals surface area contributed by atoms with Crippen LogP contribution in [-0.4, -0.2) is 22.4 Å². The summed E-state index contributed by atoms with van der Waals surface area (Å²) in [5.41, 5.74) is 3.52. The molecule has 0 unspecified atom stereocenters. The average Bonchev–Trinajstić information content (AvgIpc) is 2.93. The summed E-state index contributed by atoms with van der Waals surface area (Å²) in [5.74, 6) is 1.48. The fourth-order valence-electron chi connectivity index (χ4n) is 7.45. The Morgan fingerprint density at radius 1 is 1.07 bits per heavy atom. The highest BCUT2D eigenvalue weighted by Crippen LogP contribution is 2.65. The normalized spacial score (nSPS) is 45.3. The molecular formula is C26H33FO2. The van der Waals surface area contributed by atoms with Crippen LogP contribution in [0, 0.1) is 34.4 Å². The van der Waals surface area contributed by atoms with Crippen LogP contribution in [0.25, 0.3) is 6.08 Å². The van der Waals surface area contributed by atoms with Gasteiger partial charge in [0.05, 0.1) is 12.2 Å². The summed E-state index contributed by atoms with van der Waals surface area (Å²) in [7, 11) is 0. The molecule has 29 heavy (non-hydrogen) atoms. The molecule has 0 aromatic heterocycles. The molecule has 2 nitrogen and oxygen atoms in total. The van der Waals surface area contributed by atoms with E-state index >= 15 is 0 Å². The van der Waals surface area contributed by atoms with Crippen molar-refractivity contribution in [2.45, 2.75) is 71.0 Å². The van der Waals surface area contributed by atoms with Gasteiger partial charge in [-0.05, 0) is 91.4 Å². The predicted octanol–water partition coefficient (Wildman–Crippen LogP) is 5.50. The summed E-state index contributed by atoms with van der Waals surface area (Å²) >= 11 is 0. The van der Waals surface area contributed by atoms with E-state index in [1.807, 2.05) is 12.1 Å². The van der Waals surface area contributed by atoms with Gasteiger partial charge in [-0.1, -0.05) is 43.7 Å². The largest absolute Gasteiger partial charge is 0.393 e. The molecule has 3 heteroatoms. The van der Waals surface area contributed by atoms with E-state index in [-0.39, 0.29) is 22.8 Å². The van der Waals surface area contributed by atoms with Crippen LogP contribution in [0.5, 0.6) is 0 Å². The zero-order valence-electron chi connectivity index (χ0n) is 17.6. The van der Waals surface area contributed by atoms with Crippen molar-refractivity contribution in [2.75, 3.05) is 0 Å². The highest BCUT2D eigenvalue weighted by molar-refractivity contribution is 5.55. The van der Waals surface area contributed by atoms with Crippen molar-refractivity contribution in [2.24, 2.45) is 28.6 Å². The molecule has 0 saturated heterocycles. The van der Waals surface area contributed by atoms with Crippen LogP contribution in [0.15, 0.2) is 41.5 Å². The molecule has 3 saturated carbocycles. The lowest BCUT2D eigenvalue weighted by atomic mass is 9.48. The van der Waals surface area contributed by atoms with Crippen molar-refractivity contribution in [1.82, 2.24) is 0 Å². The molecule has 1 aromatic rings. The van der Waals surface area contributed by atoms with Crippen LogP contribution in [-0.2, 0) is 0 Å². The van der Waals surface area contributed by atoms with Gasteiger partial charge in [0.2, 0.25) is 0 Å². The van der Waals surface area contributed by atoms with Crippen LogP contribution < -0.4 is 0 Å². The van der Waals surface area contributed by atoms with Crippen molar-refractivity contribution in [3.8, 4) is 0 Å². The van der Waals surface area contributed by atoms with Gasteiger partial charge in [0.15, 0.2) is 0 Å². The van der Waals surface area contributed by atoms with E-state index in [0.29, 0.717) is 17.8 Å². The van der Waals surface area contributed by atoms with Gasteiger partial charge in [-0.2, -0.15) is 0 Å². The number of benzene rings is 1. The van der Waals surface area contributed by atoms with Crippen LogP contribution in [0.4, 0.5) is 4.39 Å². The molecule has 4 aliphatic rings. The molecule has 4 aliphatic carbocycles. The summed E-state index contributed by atoms with van der Waals surface area (Å²) < 4.78 is 13.6. The third-order valence-corrected chi connectivity index (χ3v) is 9.15.